The molecule has 2 rings (SSSR count). The Hall–Kier alpha value is -1.43. The van der Waals surface area contributed by atoms with Crippen molar-refractivity contribution in [3.05, 3.63) is 12.0 Å². The van der Waals surface area contributed by atoms with E-state index in [4.69, 9.17) is 5.11 Å². The molecule has 1 aromatic heterocycles. The van der Waals surface area contributed by atoms with E-state index >= 15 is 0 Å². The van der Waals surface area contributed by atoms with E-state index in [-0.39, 0.29) is 12.4 Å². The molecule has 1 aliphatic rings. The second-order valence-corrected chi connectivity index (χ2v) is 4.51. The zero-order valence-electron chi connectivity index (χ0n) is 10.6. The molecule has 0 spiro atoms. The molecular weight excluding hydrogens is 235 g/mol. The van der Waals surface area contributed by atoms with Crippen molar-refractivity contribution in [1.29, 1.82) is 0 Å². The van der Waals surface area contributed by atoms with E-state index in [9.17, 15) is 4.39 Å². The fourth-order valence-corrected chi connectivity index (χ4v) is 2.15. The SMILES string of the molecule is CCNc1ncc(F)c(N2CCC(CO)CC2)n1. The Morgan fingerprint density at radius 2 is 2.22 bits per heavy atom. The normalized spacial score (nSPS) is 16.9. The van der Waals surface area contributed by atoms with Gasteiger partial charge in [-0.05, 0) is 25.7 Å². The first-order valence-electron chi connectivity index (χ1n) is 6.36. The largest absolute Gasteiger partial charge is 0.396 e. The highest BCUT2D eigenvalue weighted by atomic mass is 19.1. The van der Waals surface area contributed by atoms with Crippen molar-refractivity contribution in [2.45, 2.75) is 19.8 Å². The molecular formula is C12H19FN4O. The molecule has 100 valence electrons. The zero-order valence-corrected chi connectivity index (χ0v) is 10.6. The van der Waals surface area contributed by atoms with E-state index in [0.29, 0.717) is 24.2 Å². The highest BCUT2D eigenvalue weighted by molar-refractivity contribution is 5.44. The number of hydrogen-bond donors (Lipinski definition) is 2. The minimum absolute atomic E-state index is 0.211. The molecule has 0 aliphatic carbocycles. The van der Waals surface area contributed by atoms with Crippen molar-refractivity contribution in [2.75, 3.05) is 36.5 Å². The summed E-state index contributed by atoms with van der Waals surface area (Å²) in [6.45, 7) is 4.31. The van der Waals surface area contributed by atoms with E-state index in [0.717, 1.165) is 25.9 Å². The third-order valence-corrected chi connectivity index (χ3v) is 3.23. The van der Waals surface area contributed by atoms with Crippen LogP contribution in [0.25, 0.3) is 0 Å². The molecule has 1 aliphatic heterocycles. The van der Waals surface area contributed by atoms with E-state index < -0.39 is 0 Å². The molecule has 1 aromatic rings. The van der Waals surface area contributed by atoms with Crippen LogP contribution in [0.1, 0.15) is 19.8 Å². The third kappa shape index (κ3) is 2.87. The molecule has 0 aromatic carbocycles. The summed E-state index contributed by atoms with van der Waals surface area (Å²) in [6, 6.07) is 0. The Balaban J connectivity index is 2.10. The lowest BCUT2D eigenvalue weighted by Crippen LogP contribution is -2.36. The van der Waals surface area contributed by atoms with Gasteiger partial charge in [-0.2, -0.15) is 4.98 Å². The molecule has 6 heteroatoms. The molecule has 0 bridgehead atoms. The number of aliphatic hydroxyl groups is 1. The summed E-state index contributed by atoms with van der Waals surface area (Å²) in [7, 11) is 0. The Kier molecular flexibility index (Phi) is 4.30. The molecule has 0 amide bonds. The minimum atomic E-state index is -0.390. The number of nitrogens with zero attached hydrogens (tertiary/aromatic N) is 3. The maximum Gasteiger partial charge on any atom is 0.224 e. The Bertz CT molecular complexity index is 394. The molecule has 0 radical (unpaired) electrons. The first-order valence-corrected chi connectivity index (χ1v) is 6.36. The Morgan fingerprint density at radius 1 is 1.50 bits per heavy atom. The van der Waals surface area contributed by atoms with E-state index in [1.165, 1.54) is 6.20 Å². The average molecular weight is 254 g/mol. The molecule has 0 atom stereocenters. The van der Waals surface area contributed by atoms with Gasteiger partial charge in [0.1, 0.15) is 0 Å². The number of anilines is 2. The van der Waals surface area contributed by atoms with Gasteiger partial charge in [-0.3, -0.25) is 0 Å². The standard InChI is InChI=1S/C12H19FN4O/c1-2-14-12-15-7-10(13)11(16-12)17-5-3-9(8-18)4-6-17/h7,9,18H,2-6,8H2,1H3,(H,14,15,16). The van der Waals surface area contributed by atoms with E-state index in [1.54, 1.807) is 0 Å². The second-order valence-electron chi connectivity index (χ2n) is 4.51. The Morgan fingerprint density at radius 3 is 2.83 bits per heavy atom. The maximum absolute atomic E-state index is 13.7. The first-order chi connectivity index (χ1) is 8.74. The van der Waals surface area contributed by atoms with Crippen LogP contribution in [0.15, 0.2) is 6.20 Å². The number of hydrogen-bond acceptors (Lipinski definition) is 5. The number of piperidine rings is 1. The summed E-state index contributed by atoms with van der Waals surface area (Å²) in [5.74, 6) is 0.758. The number of rotatable bonds is 4. The summed E-state index contributed by atoms with van der Waals surface area (Å²) in [6.07, 6.45) is 2.95. The van der Waals surface area contributed by atoms with Crippen molar-refractivity contribution < 1.29 is 9.50 Å². The lowest BCUT2D eigenvalue weighted by atomic mass is 9.98. The highest BCUT2D eigenvalue weighted by Gasteiger charge is 2.22. The van der Waals surface area contributed by atoms with Crippen molar-refractivity contribution in [3.8, 4) is 0 Å². The highest BCUT2D eigenvalue weighted by Crippen LogP contribution is 2.24. The number of halogens is 1. The molecule has 18 heavy (non-hydrogen) atoms. The molecule has 1 fully saturated rings. The zero-order chi connectivity index (χ0) is 13.0. The van der Waals surface area contributed by atoms with E-state index in [2.05, 4.69) is 15.3 Å². The van der Waals surface area contributed by atoms with Gasteiger partial charge >= 0.3 is 0 Å². The van der Waals surface area contributed by atoms with Gasteiger partial charge in [0.15, 0.2) is 11.6 Å². The van der Waals surface area contributed by atoms with Gasteiger partial charge in [0, 0.05) is 26.2 Å². The maximum atomic E-state index is 13.7. The van der Waals surface area contributed by atoms with Gasteiger partial charge in [-0.25, -0.2) is 9.37 Å². The molecule has 2 N–H and O–H groups in total. The fraction of sp³-hybridized carbons (Fsp3) is 0.667. The van der Waals surface area contributed by atoms with Crippen LogP contribution in [0.2, 0.25) is 0 Å². The average Bonchev–Trinajstić information content (AvgIpc) is 2.41. The van der Waals surface area contributed by atoms with Crippen LogP contribution in [-0.4, -0.2) is 41.3 Å². The lowest BCUT2D eigenvalue weighted by Gasteiger charge is -2.32. The predicted molar refractivity (Wildman–Crippen MR) is 68.2 cm³/mol. The van der Waals surface area contributed by atoms with Crippen LogP contribution < -0.4 is 10.2 Å². The van der Waals surface area contributed by atoms with Crippen LogP contribution in [0.4, 0.5) is 16.2 Å². The number of nitrogens with one attached hydrogen (secondary N) is 1. The monoisotopic (exact) mass is 254 g/mol. The smallest absolute Gasteiger partial charge is 0.224 e. The van der Waals surface area contributed by atoms with Gasteiger partial charge in [-0.1, -0.05) is 0 Å². The molecule has 0 saturated carbocycles. The van der Waals surface area contributed by atoms with Crippen molar-refractivity contribution in [1.82, 2.24) is 9.97 Å². The fourth-order valence-electron chi connectivity index (χ4n) is 2.15. The van der Waals surface area contributed by atoms with Gasteiger partial charge < -0.3 is 15.3 Å². The summed E-state index contributed by atoms with van der Waals surface area (Å²) in [4.78, 5) is 10.0. The van der Waals surface area contributed by atoms with Crippen LogP contribution >= 0.6 is 0 Å². The van der Waals surface area contributed by atoms with E-state index in [1.807, 2.05) is 11.8 Å². The van der Waals surface area contributed by atoms with Crippen LogP contribution in [0, 0.1) is 11.7 Å². The van der Waals surface area contributed by atoms with Gasteiger partial charge in [0.2, 0.25) is 5.95 Å². The second kappa shape index (κ2) is 5.95. The third-order valence-electron chi connectivity index (χ3n) is 3.23. The van der Waals surface area contributed by atoms with Gasteiger partial charge in [-0.15, -0.1) is 0 Å². The van der Waals surface area contributed by atoms with Gasteiger partial charge in [0.05, 0.1) is 6.20 Å². The van der Waals surface area contributed by atoms with Crippen LogP contribution in [-0.2, 0) is 0 Å². The summed E-state index contributed by atoms with van der Waals surface area (Å²) in [5, 5.41) is 12.1. The van der Waals surface area contributed by atoms with Gasteiger partial charge in [0.25, 0.3) is 0 Å². The quantitative estimate of drug-likeness (QED) is 0.847. The summed E-state index contributed by atoms with van der Waals surface area (Å²) >= 11 is 0. The van der Waals surface area contributed by atoms with Crippen molar-refractivity contribution >= 4 is 11.8 Å². The summed E-state index contributed by atoms with van der Waals surface area (Å²) < 4.78 is 13.7. The first kappa shape index (κ1) is 13.0. The molecule has 1 saturated heterocycles. The number of aliphatic hydroxyl groups excluding tert-OH is 1. The Labute approximate surface area is 106 Å². The molecule has 5 nitrogen and oxygen atoms in total. The van der Waals surface area contributed by atoms with Crippen LogP contribution in [0.5, 0.6) is 0 Å². The summed E-state index contributed by atoms with van der Waals surface area (Å²) in [5.41, 5.74) is 0. The molecule has 0 unspecified atom stereocenters. The minimum Gasteiger partial charge on any atom is -0.396 e. The van der Waals surface area contributed by atoms with Crippen molar-refractivity contribution in [2.24, 2.45) is 5.92 Å². The topological polar surface area (TPSA) is 61.3 Å². The lowest BCUT2D eigenvalue weighted by molar-refractivity contribution is 0.202. The molecule has 2 heterocycles. The predicted octanol–water partition coefficient (Wildman–Crippen LogP) is 1.26. The number of aromatic nitrogens is 2. The van der Waals surface area contributed by atoms with Crippen LogP contribution in [0.3, 0.4) is 0 Å². The van der Waals surface area contributed by atoms with Crippen molar-refractivity contribution in [3.63, 3.8) is 0 Å².